The predicted octanol–water partition coefficient (Wildman–Crippen LogP) is 3.47. The van der Waals surface area contributed by atoms with Crippen LogP contribution in [-0.4, -0.2) is 31.2 Å². The van der Waals surface area contributed by atoms with E-state index in [1.54, 1.807) is 0 Å². The number of morpholine rings is 1. The van der Waals surface area contributed by atoms with E-state index < -0.39 is 0 Å². The minimum absolute atomic E-state index is 0.0682. The van der Waals surface area contributed by atoms with Crippen LogP contribution >= 0.6 is 0 Å². The summed E-state index contributed by atoms with van der Waals surface area (Å²) in [6.45, 7) is 11.1. The van der Waals surface area contributed by atoms with Crippen molar-refractivity contribution in [3.63, 3.8) is 0 Å². The van der Waals surface area contributed by atoms with Gasteiger partial charge in [-0.15, -0.1) is 0 Å². The zero-order valence-corrected chi connectivity index (χ0v) is 13.4. The van der Waals surface area contributed by atoms with Crippen LogP contribution in [0.3, 0.4) is 0 Å². The predicted molar refractivity (Wildman–Crippen MR) is 88.0 cm³/mol. The Kier molecular flexibility index (Phi) is 5.61. The first-order valence-corrected chi connectivity index (χ1v) is 7.65. The zero-order chi connectivity index (χ0) is 15.1. The van der Waals surface area contributed by atoms with Crippen molar-refractivity contribution in [3.05, 3.63) is 47.5 Å². The van der Waals surface area contributed by atoms with Crippen LogP contribution < -0.4 is 0 Å². The van der Waals surface area contributed by atoms with Crippen LogP contribution in [0.2, 0.25) is 0 Å². The normalized spacial score (nSPS) is 16.7. The molecule has 1 heterocycles. The minimum Gasteiger partial charge on any atom is -0.379 e. The molecule has 0 aliphatic carbocycles. The van der Waals surface area contributed by atoms with Crippen molar-refractivity contribution in [1.29, 1.82) is 0 Å². The molecule has 0 spiro atoms. The lowest BCUT2D eigenvalue weighted by atomic mass is 9.93. The van der Waals surface area contributed by atoms with Crippen molar-refractivity contribution < 1.29 is 4.74 Å². The number of ether oxygens (including phenoxy) is 1. The first-order chi connectivity index (χ1) is 10.1. The molecule has 0 unspecified atom stereocenters. The maximum Gasteiger partial charge on any atom is 0.0594 e. The van der Waals surface area contributed by atoms with Gasteiger partial charge in [0.2, 0.25) is 0 Å². The fourth-order valence-electron chi connectivity index (χ4n) is 2.40. The molecule has 1 fully saturated rings. The Morgan fingerprint density at radius 2 is 1.86 bits per heavy atom. The van der Waals surface area contributed by atoms with Gasteiger partial charge in [0.1, 0.15) is 0 Å². The fraction of sp³-hybridized carbons (Fsp3) is 0.474. The maximum absolute atomic E-state index is 5.37. The average Bonchev–Trinajstić information content (AvgIpc) is 2.48. The third kappa shape index (κ3) is 5.38. The lowest BCUT2D eigenvalue weighted by Crippen LogP contribution is -2.35. The molecule has 0 atom stereocenters. The van der Waals surface area contributed by atoms with Gasteiger partial charge in [-0.1, -0.05) is 36.1 Å². The molecule has 0 bridgehead atoms. The van der Waals surface area contributed by atoms with Gasteiger partial charge in [-0.3, -0.25) is 4.90 Å². The van der Waals surface area contributed by atoms with Gasteiger partial charge in [0, 0.05) is 30.6 Å². The average molecular weight is 283 g/mol. The summed E-state index contributed by atoms with van der Waals surface area (Å²) in [5.74, 6) is 6.58. The van der Waals surface area contributed by atoms with E-state index in [1.807, 2.05) is 6.92 Å². The van der Waals surface area contributed by atoms with Gasteiger partial charge in [-0.05, 0) is 38.5 Å². The van der Waals surface area contributed by atoms with E-state index in [4.69, 9.17) is 4.74 Å². The van der Waals surface area contributed by atoms with Gasteiger partial charge in [-0.2, -0.15) is 0 Å². The van der Waals surface area contributed by atoms with Crippen LogP contribution in [0.15, 0.2) is 36.4 Å². The van der Waals surface area contributed by atoms with Crippen molar-refractivity contribution in [1.82, 2.24) is 4.90 Å². The summed E-state index contributed by atoms with van der Waals surface area (Å²) in [4.78, 5) is 2.43. The number of nitrogens with zero attached hydrogens (tertiary/aromatic N) is 1. The maximum atomic E-state index is 5.37. The van der Waals surface area contributed by atoms with Crippen LogP contribution in [0.1, 0.15) is 31.9 Å². The summed E-state index contributed by atoms with van der Waals surface area (Å²) in [5.41, 5.74) is 2.36. The Bertz CT molecular complexity index is 525. The van der Waals surface area contributed by atoms with Crippen LogP contribution in [0.4, 0.5) is 0 Å². The van der Waals surface area contributed by atoms with E-state index in [1.165, 1.54) is 5.56 Å². The number of allylic oxidation sites excluding steroid dienone is 2. The first-order valence-electron chi connectivity index (χ1n) is 7.65. The van der Waals surface area contributed by atoms with Crippen molar-refractivity contribution in [2.75, 3.05) is 26.3 Å². The fourth-order valence-corrected chi connectivity index (χ4v) is 2.40. The smallest absolute Gasteiger partial charge is 0.0594 e. The van der Waals surface area contributed by atoms with Crippen LogP contribution in [-0.2, 0) is 11.3 Å². The molecule has 1 aliphatic rings. The third-order valence-corrected chi connectivity index (χ3v) is 3.58. The SMILES string of the molecule is C/C=C\C(C)(C)C#Cc1ccc(CN2CCOCC2)cc1. The summed E-state index contributed by atoms with van der Waals surface area (Å²) in [5, 5.41) is 0. The lowest BCUT2D eigenvalue weighted by Gasteiger charge is -2.26. The van der Waals surface area contributed by atoms with Crippen molar-refractivity contribution in [2.45, 2.75) is 27.3 Å². The second-order valence-corrected chi connectivity index (χ2v) is 6.06. The highest BCUT2D eigenvalue weighted by Gasteiger charge is 2.10. The summed E-state index contributed by atoms with van der Waals surface area (Å²) in [7, 11) is 0. The number of hydrogen-bond acceptors (Lipinski definition) is 2. The van der Waals surface area contributed by atoms with E-state index >= 15 is 0 Å². The minimum atomic E-state index is -0.0682. The van der Waals surface area contributed by atoms with Gasteiger partial charge in [0.05, 0.1) is 13.2 Å². The van der Waals surface area contributed by atoms with Gasteiger partial charge < -0.3 is 4.74 Å². The summed E-state index contributed by atoms with van der Waals surface area (Å²) >= 11 is 0. The Labute approximate surface area is 128 Å². The van der Waals surface area contributed by atoms with Crippen molar-refractivity contribution >= 4 is 0 Å². The molecule has 0 amide bonds. The first kappa shape index (κ1) is 15.8. The Balaban J connectivity index is 1.97. The molecule has 0 saturated carbocycles. The molecular weight excluding hydrogens is 258 g/mol. The van der Waals surface area contributed by atoms with E-state index in [0.717, 1.165) is 38.4 Å². The number of rotatable bonds is 3. The molecule has 2 rings (SSSR count). The van der Waals surface area contributed by atoms with E-state index in [0.29, 0.717) is 0 Å². The monoisotopic (exact) mass is 283 g/mol. The van der Waals surface area contributed by atoms with Crippen LogP contribution in [0.5, 0.6) is 0 Å². The van der Waals surface area contributed by atoms with E-state index in [9.17, 15) is 0 Å². The van der Waals surface area contributed by atoms with E-state index in [2.05, 4.69) is 67.0 Å². The summed E-state index contributed by atoms with van der Waals surface area (Å²) in [6, 6.07) is 8.60. The number of benzene rings is 1. The molecule has 0 aromatic heterocycles. The lowest BCUT2D eigenvalue weighted by molar-refractivity contribution is 0.0342. The van der Waals surface area contributed by atoms with E-state index in [-0.39, 0.29) is 5.41 Å². The largest absolute Gasteiger partial charge is 0.379 e. The number of hydrogen-bond donors (Lipinski definition) is 0. The molecule has 1 aromatic carbocycles. The standard InChI is InChI=1S/C19H25NO/c1-4-10-19(2,3)11-9-17-5-7-18(8-6-17)16-20-12-14-21-15-13-20/h4-8,10H,12-16H2,1-3H3/b10-4-. The molecule has 1 saturated heterocycles. The topological polar surface area (TPSA) is 12.5 Å². The zero-order valence-electron chi connectivity index (χ0n) is 13.4. The highest BCUT2D eigenvalue weighted by atomic mass is 16.5. The summed E-state index contributed by atoms with van der Waals surface area (Å²) in [6.07, 6.45) is 4.19. The molecule has 21 heavy (non-hydrogen) atoms. The van der Waals surface area contributed by atoms with Gasteiger partial charge >= 0.3 is 0 Å². The highest BCUT2D eigenvalue weighted by Crippen LogP contribution is 2.15. The molecule has 0 N–H and O–H groups in total. The van der Waals surface area contributed by atoms with Crippen molar-refractivity contribution in [2.24, 2.45) is 5.41 Å². The van der Waals surface area contributed by atoms with Crippen LogP contribution in [0.25, 0.3) is 0 Å². The second-order valence-electron chi connectivity index (χ2n) is 6.06. The quantitative estimate of drug-likeness (QED) is 0.622. The molecule has 1 aromatic rings. The van der Waals surface area contributed by atoms with Crippen molar-refractivity contribution in [3.8, 4) is 11.8 Å². The Morgan fingerprint density at radius 1 is 1.19 bits per heavy atom. The van der Waals surface area contributed by atoms with Crippen LogP contribution in [0, 0.1) is 17.3 Å². The molecule has 2 heteroatoms. The second kappa shape index (κ2) is 7.45. The van der Waals surface area contributed by atoms with Gasteiger partial charge in [0.25, 0.3) is 0 Å². The van der Waals surface area contributed by atoms with Gasteiger partial charge in [-0.25, -0.2) is 0 Å². The Morgan fingerprint density at radius 3 is 2.48 bits per heavy atom. The Hall–Kier alpha value is -1.56. The molecular formula is C19H25NO. The molecule has 112 valence electrons. The molecule has 0 radical (unpaired) electrons. The summed E-state index contributed by atoms with van der Waals surface area (Å²) < 4.78 is 5.37. The molecule has 2 nitrogen and oxygen atoms in total. The van der Waals surface area contributed by atoms with Gasteiger partial charge in [0.15, 0.2) is 0 Å². The molecule has 1 aliphatic heterocycles. The third-order valence-electron chi connectivity index (χ3n) is 3.58. The highest BCUT2D eigenvalue weighted by molar-refractivity contribution is 5.38.